The maximum absolute atomic E-state index is 3.52. The maximum Gasteiger partial charge on any atom is 0.000394 e. The van der Waals surface area contributed by atoms with Crippen molar-refractivity contribution in [2.24, 2.45) is 5.92 Å². The molecule has 82 valence electrons. The highest BCUT2D eigenvalue weighted by molar-refractivity contribution is 5.22. The maximum atomic E-state index is 3.52. The van der Waals surface area contributed by atoms with Crippen molar-refractivity contribution >= 4 is 0 Å². The number of benzene rings is 1. The smallest absolute Gasteiger partial charge is 0.000394 e. The predicted octanol–water partition coefficient (Wildman–Crippen LogP) is 1.35. The van der Waals surface area contributed by atoms with E-state index >= 15 is 0 Å². The normalized spacial score (nSPS) is 16.3. The Morgan fingerprint density at radius 3 is 2.93 bits per heavy atom. The number of hydrogen-bond acceptors (Lipinski definition) is 2. The van der Waals surface area contributed by atoms with Crippen LogP contribution in [-0.2, 0) is 6.42 Å². The van der Waals surface area contributed by atoms with Crippen molar-refractivity contribution < 1.29 is 0 Å². The van der Waals surface area contributed by atoms with Crippen molar-refractivity contribution in [3.05, 3.63) is 35.4 Å². The molecular formula is C13H20N2. The van der Waals surface area contributed by atoms with Crippen molar-refractivity contribution in [2.45, 2.75) is 13.3 Å². The third kappa shape index (κ3) is 3.33. The van der Waals surface area contributed by atoms with Gasteiger partial charge >= 0.3 is 0 Å². The van der Waals surface area contributed by atoms with Crippen LogP contribution in [0.2, 0.25) is 0 Å². The second-order valence-corrected chi connectivity index (χ2v) is 4.47. The molecule has 1 fully saturated rings. The Morgan fingerprint density at radius 1 is 1.40 bits per heavy atom. The lowest BCUT2D eigenvalue weighted by atomic mass is 10.0. The summed E-state index contributed by atoms with van der Waals surface area (Å²) in [6.45, 7) is 6.80. The molecule has 1 aromatic rings. The van der Waals surface area contributed by atoms with Crippen LogP contribution in [-0.4, -0.2) is 26.2 Å². The summed E-state index contributed by atoms with van der Waals surface area (Å²) in [4.78, 5) is 0. The van der Waals surface area contributed by atoms with Crippen molar-refractivity contribution in [1.82, 2.24) is 10.6 Å². The first-order chi connectivity index (χ1) is 7.34. The lowest BCUT2D eigenvalue weighted by Crippen LogP contribution is -2.47. The van der Waals surface area contributed by atoms with Gasteiger partial charge in [-0.15, -0.1) is 0 Å². The van der Waals surface area contributed by atoms with Gasteiger partial charge in [0.05, 0.1) is 0 Å². The molecule has 1 aliphatic heterocycles. The van der Waals surface area contributed by atoms with Crippen LogP contribution in [0, 0.1) is 12.8 Å². The molecule has 0 amide bonds. The van der Waals surface area contributed by atoms with E-state index in [0.717, 1.165) is 18.9 Å². The molecule has 2 rings (SSSR count). The van der Waals surface area contributed by atoms with E-state index in [1.807, 2.05) is 0 Å². The molecule has 0 radical (unpaired) electrons. The molecule has 15 heavy (non-hydrogen) atoms. The van der Waals surface area contributed by atoms with Gasteiger partial charge in [-0.3, -0.25) is 0 Å². The summed E-state index contributed by atoms with van der Waals surface area (Å²) in [5.41, 5.74) is 2.80. The molecule has 0 spiro atoms. The second kappa shape index (κ2) is 5.29. The van der Waals surface area contributed by atoms with Gasteiger partial charge in [-0.25, -0.2) is 0 Å². The molecule has 0 aromatic heterocycles. The molecule has 1 heterocycles. The van der Waals surface area contributed by atoms with Gasteiger partial charge in [-0.05, 0) is 31.4 Å². The summed E-state index contributed by atoms with van der Waals surface area (Å²) < 4.78 is 0. The van der Waals surface area contributed by atoms with Crippen LogP contribution >= 0.6 is 0 Å². The fourth-order valence-electron chi connectivity index (χ4n) is 1.90. The van der Waals surface area contributed by atoms with E-state index in [4.69, 9.17) is 0 Å². The Bertz CT molecular complexity index is 305. The van der Waals surface area contributed by atoms with Crippen molar-refractivity contribution in [3.8, 4) is 0 Å². The summed E-state index contributed by atoms with van der Waals surface area (Å²) in [5, 5.41) is 6.80. The second-order valence-electron chi connectivity index (χ2n) is 4.47. The minimum atomic E-state index is 0.863. The topological polar surface area (TPSA) is 24.1 Å². The Kier molecular flexibility index (Phi) is 3.75. The van der Waals surface area contributed by atoms with Gasteiger partial charge in [-0.1, -0.05) is 29.8 Å². The van der Waals surface area contributed by atoms with Crippen LogP contribution in [0.25, 0.3) is 0 Å². The molecular weight excluding hydrogens is 184 g/mol. The Hall–Kier alpha value is -0.860. The first kappa shape index (κ1) is 10.7. The van der Waals surface area contributed by atoms with E-state index in [9.17, 15) is 0 Å². The zero-order valence-corrected chi connectivity index (χ0v) is 9.42. The van der Waals surface area contributed by atoms with Crippen molar-refractivity contribution in [1.29, 1.82) is 0 Å². The van der Waals surface area contributed by atoms with Crippen LogP contribution in [0.1, 0.15) is 11.1 Å². The van der Waals surface area contributed by atoms with Crippen LogP contribution in [0.4, 0.5) is 0 Å². The summed E-state index contributed by atoms with van der Waals surface area (Å²) >= 11 is 0. The fourth-order valence-corrected chi connectivity index (χ4v) is 1.90. The molecule has 2 heteroatoms. The van der Waals surface area contributed by atoms with Gasteiger partial charge in [0, 0.05) is 19.6 Å². The zero-order chi connectivity index (χ0) is 10.5. The number of nitrogens with one attached hydrogen (secondary N) is 2. The lowest BCUT2D eigenvalue weighted by Gasteiger charge is -2.27. The van der Waals surface area contributed by atoms with Gasteiger partial charge < -0.3 is 10.6 Å². The highest BCUT2D eigenvalue weighted by Crippen LogP contribution is 2.04. The predicted molar refractivity (Wildman–Crippen MR) is 64.1 cm³/mol. The molecule has 1 aliphatic rings. The lowest BCUT2D eigenvalue weighted by molar-refractivity contribution is 0.333. The summed E-state index contributed by atoms with van der Waals surface area (Å²) in [7, 11) is 0. The van der Waals surface area contributed by atoms with E-state index < -0.39 is 0 Å². The highest BCUT2D eigenvalue weighted by atomic mass is 15.0. The SMILES string of the molecule is Cc1cccc(CCNCC2CNC2)c1. The first-order valence-electron chi connectivity index (χ1n) is 5.81. The van der Waals surface area contributed by atoms with E-state index in [-0.39, 0.29) is 0 Å². The monoisotopic (exact) mass is 204 g/mol. The van der Waals surface area contributed by atoms with Crippen LogP contribution in [0.3, 0.4) is 0 Å². The molecule has 1 aromatic carbocycles. The van der Waals surface area contributed by atoms with Gasteiger partial charge in [0.1, 0.15) is 0 Å². The fraction of sp³-hybridized carbons (Fsp3) is 0.538. The van der Waals surface area contributed by atoms with Gasteiger partial charge in [0.2, 0.25) is 0 Å². The minimum absolute atomic E-state index is 0.863. The van der Waals surface area contributed by atoms with Crippen LogP contribution in [0.5, 0.6) is 0 Å². The van der Waals surface area contributed by atoms with Crippen molar-refractivity contribution in [2.75, 3.05) is 26.2 Å². The minimum Gasteiger partial charge on any atom is -0.316 e. The Balaban J connectivity index is 1.64. The molecule has 0 saturated carbocycles. The average molecular weight is 204 g/mol. The quantitative estimate of drug-likeness (QED) is 0.707. The van der Waals surface area contributed by atoms with Gasteiger partial charge in [0.15, 0.2) is 0 Å². The first-order valence-corrected chi connectivity index (χ1v) is 5.81. The molecule has 0 bridgehead atoms. The average Bonchev–Trinajstić information content (AvgIpc) is 2.15. The number of aryl methyl sites for hydroxylation is 1. The largest absolute Gasteiger partial charge is 0.316 e. The van der Waals surface area contributed by atoms with Crippen LogP contribution < -0.4 is 10.6 Å². The summed E-state index contributed by atoms with van der Waals surface area (Å²) in [5.74, 6) is 0.863. The molecule has 0 unspecified atom stereocenters. The van der Waals surface area contributed by atoms with E-state index in [0.29, 0.717) is 0 Å². The number of rotatable bonds is 5. The summed E-state index contributed by atoms with van der Waals surface area (Å²) in [6.07, 6.45) is 1.14. The third-order valence-corrected chi connectivity index (χ3v) is 2.97. The van der Waals surface area contributed by atoms with Crippen LogP contribution in [0.15, 0.2) is 24.3 Å². The van der Waals surface area contributed by atoms with E-state index in [2.05, 4.69) is 41.8 Å². The zero-order valence-electron chi connectivity index (χ0n) is 9.42. The molecule has 0 aliphatic carbocycles. The number of hydrogen-bond donors (Lipinski definition) is 2. The Morgan fingerprint density at radius 2 is 2.27 bits per heavy atom. The highest BCUT2D eigenvalue weighted by Gasteiger charge is 2.14. The third-order valence-electron chi connectivity index (χ3n) is 2.97. The molecule has 1 saturated heterocycles. The van der Waals surface area contributed by atoms with Gasteiger partial charge in [-0.2, -0.15) is 0 Å². The van der Waals surface area contributed by atoms with E-state index in [1.54, 1.807) is 0 Å². The Labute approximate surface area is 92.1 Å². The van der Waals surface area contributed by atoms with Gasteiger partial charge in [0.25, 0.3) is 0 Å². The standard InChI is InChI=1S/C13H20N2/c1-11-3-2-4-12(7-11)5-6-14-8-13-9-15-10-13/h2-4,7,13-15H,5-6,8-10H2,1H3. The molecule has 0 atom stereocenters. The molecule has 2 nitrogen and oxygen atoms in total. The van der Waals surface area contributed by atoms with E-state index in [1.165, 1.54) is 30.8 Å². The summed E-state index contributed by atoms with van der Waals surface area (Å²) in [6, 6.07) is 8.77. The molecule has 2 N–H and O–H groups in total. The van der Waals surface area contributed by atoms with Crippen molar-refractivity contribution in [3.63, 3.8) is 0 Å².